The number of carbonyl (C=O) groups excluding carboxylic acids is 2. The number of thiophene rings is 1. The molecule has 1 aromatic heterocycles. The summed E-state index contributed by atoms with van der Waals surface area (Å²) in [4.78, 5) is 25.9. The van der Waals surface area contributed by atoms with E-state index >= 15 is 0 Å². The molecule has 8 heteroatoms. The summed E-state index contributed by atoms with van der Waals surface area (Å²) in [7, 11) is 3.02. The van der Waals surface area contributed by atoms with Gasteiger partial charge in [0.1, 0.15) is 28.1 Å². The summed E-state index contributed by atoms with van der Waals surface area (Å²) in [5.41, 5.74) is 1.46. The molecule has 29 heavy (non-hydrogen) atoms. The molecule has 0 fully saturated rings. The minimum Gasteiger partial charge on any atom is -0.497 e. The minimum atomic E-state index is -0.628. The first kappa shape index (κ1) is 22.0. The van der Waals surface area contributed by atoms with E-state index in [1.165, 1.54) is 31.6 Å². The summed E-state index contributed by atoms with van der Waals surface area (Å²) in [6, 6.07) is 6.94. The van der Waals surface area contributed by atoms with Gasteiger partial charge in [-0.2, -0.15) is 5.26 Å². The van der Waals surface area contributed by atoms with E-state index in [4.69, 9.17) is 14.2 Å². The number of anilines is 1. The second-order valence-electron chi connectivity index (χ2n) is 5.94. The number of ether oxygens (including phenoxy) is 3. The highest BCUT2D eigenvalue weighted by Gasteiger charge is 2.23. The molecule has 0 aliphatic carbocycles. The Morgan fingerprint density at radius 2 is 1.97 bits per heavy atom. The molecule has 152 valence electrons. The molecule has 1 N–H and O–H groups in total. The van der Waals surface area contributed by atoms with Crippen molar-refractivity contribution in [2.75, 3.05) is 26.1 Å². The molecule has 7 nitrogen and oxygen atoms in total. The third-order valence-corrected chi connectivity index (χ3v) is 5.32. The molecular formula is C21H22N2O5S. The number of hydrogen-bond donors (Lipinski definition) is 1. The van der Waals surface area contributed by atoms with Gasteiger partial charge < -0.3 is 19.5 Å². The Morgan fingerprint density at radius 3 is 2.55 bits per heavy atom. The molecule has 1 amide bonds. The number of amides is 1. The second-order valence-corrected chi connectivity index (χ2v) is 7.16. The van der Waals surface area contributed by atoms with Crippen LogP contribution in [0.5, 0.6) is 11.5 Å². The number of nitrogens with one attached hydrogen (secondary N) is 1. The fraction of sp³-hybridized carbons (Fsp3) is 0.286. The Balaban J connectivity index is 2.37. The zero-order chi connectivity index (χ0) is 21.6. The maximum absolute atomic E-state index is 12.7. The van der Waals surface area contributed by atoms with Crippen molar-refractivity contribution in [2.45, 2.75) is 20.8 Å². The lowest BCUT2D eigenvalue weighted by molar-refractivity contribution is -0.112. The average Bonchev–Trinajstić information content (AvgIpc) is 2.99. The van der Waals surface area contributed by atoms with Gasteiger partial charge in [0.2, 0.25) is 0 Å². The highest BCUT2D eigenvalue weighted by molar-refractivity contribution is 7.16. The summed E-state index contributed by atoms with van der Waals surface area (Å²) in [5, 5.41) is 12.5. The summed E-state index contributed by atoms with van der Waals surface area (Å²) in [6.07, 6.45) is 1.42. The van der Waals surface area contributed by atoms with Crippen molar-refractivity contribution in [3.05, 3.63) is 45.3 Å². The number of nitrogens with zero attached hydrogens (tertiary/aromatic N) is 1. The molecule has 0 unspecified atom stereocenters. The van der Waals surface area contributed by atoms with Gasteiger partial charge in [0.25, 0.3) is 5.91 Å². The molecule has 0 bridgehead atoms. The van der Waals surface area contributed by atoms with E-state index < -0.39 is 11.9 Å². The molecule has 0 saturated carbocycles. The van der Waals surface area contributed by atoms with Crippen LogP contribution in [0.15, 0.2) is 23.8 Å². The Bertz CT molecular complexity index is 1000. The predicted molar refractivity (Wildman–Crippen MR) is 112 cm³/mol. The third kappa shape index (κ3) is 4.95. The highest BCUT2D eigenvalue weighted by atomic mass is 32.1. The number of benzene rings is 1. The van der Waals surface area contributed by atoms with Crippen LogP contribution >= 0.6 is 11.3 Å². The van der Waals surface area contributed by atoms with Crippen LogP contribution in [0.25, 0.3) is 6.08 Å². The number of carbonyl (C=O) groups is 2. The van der Waals surface area contributed by atoms with Gasteiger partial charge in [0.05, 0.1) is 26.4 Å². The Morgan fingerprint density at radius 1 is 1.24 bits per heavy atom. The Hall–Kier alpha value is -3.31. The number of hydrogen-bond acceptors (Lipinski definition) is 7. The zero-order valence-electron chi connectivity index (χ0n) is 16.9. The highest BCUT2D eigenvalue weighted by Crippen LogP contribution is 2.33. The minimum absolute atomic E-state index is 0.132. The largest absolute Gasteiger partial charge is 0.497 e. The molecule has 0 spiro atoms. The van der Waals surface area contributed by atoms with Gasteiger partial charge in [-0.15, -0.1) is 11.3 Å². The van der Waals surface area contributed by atoms with Crippen LogP contribution in [0.2, 0.25) is 0 Å². The van der Waals surface area contributed by atoms with E-state index in [2.05, 4.69) is 5.32 Å². The van der Waals surface area contributed by atoms with E-state index in [1.807, 2.05) is 13.0 Å². The van der Waals surface area contributed by atoms with Gasteiger partial charge in [0.15, 0.2) is 0 Å². The molecule has 1 heterocycles. The lowest BCUT2D eigenvalue weighted by Gasteiger charge is -2.09. The topological polar surface area (TPSA) is 97.7 Å². The molecule has 1 aromatic carbocycles. The molecular weight excluding hydrogens is 392 g/mol. The number of rotatable bonds is 7. The van der Waals surface area contributed by atoms with Crippen molar-refractivity contribution >= 4 is 34.3 Å². The van der Waals surface area contributed by atoms with Crippen LogP contribution in [-0.4, -0.2) is 32.7 Å². The quantitative estimate of drug-likeness (QED) is 0.416. The monoisotopic (exact) mass is 414 g/mol. The number of methoxy groups -OCH3 is 2. The van der Waals surface area contributed by atoms with Crippen LogP contribution in [0, 0.1) is 25.2 Å². The van der Waals surface area contributed by atoms with Crippen molar-refractivity contribution in [3.8, 4) is 17.6 Å². The Kier molecular flexibility index (Phi) is 7.39. The van der Waals surface area contributed by atoms with Gasteiger partial charge in [-0.05, 0) is 44.5 Å². The fourth-order valence-corrected chi connectivity index (χ4v) is 3.62. The van der Waals surface area contributed by atoms with Gasteiger partial charge in [-0.25, -0.2) is 4.79 Å². The van der Waals surface area contributed by atoms with Crippen molar-refractivity contribution in [2.24, 2.45) is 0 Å². The van der Waals surface area contributed by atoms with E-state index in [-0.39, 0.29) is 12.2 Å². The Labute approximate surface area is 173 Å². The van der Waals surface area contributed by atoms with E-state index in [0.717, 1.165) is 10.4 Å². The predicted octanol–water partition coefficient (Wildman–Crippen LogP) is 4.10. The number of nitriles is 1. The molecule has 2 aromatic rings. The van der Waals surface area contributed by atoms with Crippen LogP contribution in [0.4, 0.5) is 5.00 Å². The number of esters is 1. The maximum Gasteiger partial charge on any atom is 0.341 e. The first-order valence-electron chi connectivity index (χ1n) is 8.78. The molecule has 0 saturated heterocycles. The lowest BCUT2D eigenvalue weighted by atomic mass is 10.1. The zero-order valence-corrected chi connectivity index (χ0v) is 17.7. The second kappa shape index (κ2) is 9.75. The standard InChI is InChI=1S/C21H22N2O5S/c1-6-28-21(25)18-12(2)13(3)29-20(18)23-19(24)15(11-22)9-14-7-8-16(26-4)10-17(14)27-5/h7-10H,6H2,1-5H3,(H,23,24). The first-order chi connectivity index (χ1) is 13.9. The molecule has 0 aliphatic rings. The van der Waals surface area contributed by atoms with E-state index in [1.54, 1.807) is 32.0 Å². The first-order valence-corrected chi connectivity index (χ1v) is 9.60. The van der Waals surface area contributed by atoms with Gasteiger partial charge >= 0.3 is 5.97 Å². The van der Waals surface area contributed by atoms with Gasteiger partial charge in [0, 0.05) is 16.5 Å². The third-order valence-electron chi connectivity index (χ3n) is 4.20. The summed E-state index contributed by atoms with van der Waals surface area (Å²) >= 11 is 1.26. The smallest absolute Gasteiger partial charge is 0.341 e. The molecule has 2 rings (SSSR count). The van der Waals surface area contributed by atoms with Crippen LogP contribution in [0.3, 0.4) is 0 Å². The average molecular weight is 414 g/mol. The summed E-state index contributed by atoms with van der Waals surface area (Å²) in [5.74, 6) is -0.0911. The van der Waals surface area contributed by atoms with Gasteiger partial charge in [-0.3, -0.25) is 4.79 Å². The molecule has 0 atom stereocenters. The van der Waals surface area contributed by atoms with Gasteiger partial charge in [-0.1, -0.05) is 0 Å². The van der Waals surface area contributed by atoms with Crippen LogP contribution < -0.4 is 14.8 Å². The van der Waals surface area contributed by atoms with E-state index in [0.29, 0.717) is 27.6 Å². The van der Waals surface area contributed by atoms with Crippen LogP contribution in [-0.2, 0) is 9.53 Å². The lowest BCUT2D eigenvalue weighted by Crippen LogP contribution is -2.16. The van der Waals surface area contributed by atoms with E-state index in [9.17, 15) is 14.9 Å². The van der Waals surface area contributed by atoms with Crippen molar-refractivity contribution in [1.29, 1.82) is 5.26 Å². The normalized spacial score (nSPS) is 10.8. The van der Waals surface area contributed by atoms with Crippen molar-refractivity contribution < 1.29 is 23.8 Å². The molecule has 0 aliphatic heterocycles. The number of aryl methyl sites for hydroxylation is 1. The van der Waals surface area contributed by atoms with Crippen molar-refractivity contribution in [3.63, 3.8) is 0 Å². The SMILES string of the molecule is CCOC(=O)c1c(NC(=O)C(C#N)=Cc2ccc(OC)cc2OC)sc(C)c1C. The van der Waals surface area contributed by atoms with Crippen LogP contribution in [0.1, 0.15) is 33.3 Å². The van der Waals surface area contributed by atoms with Crippen molar-refractivity contribution in [1.82, 2.24) is 0 Å². The summed E-state index contributed by atoms with van der Waals surface area (Å²) in [6.45, 7) is 5.57. The molecule has 0 radical (unpaired) electrons. The maximum atomic E-state index is 12.7. The summed E-state index contributed by atoms with van der Waals surface area (Å²) < 4.78 is 15.5. The fourth-order valence-electron chi connectivity index (χ4n) is 2.58.